The summed E-state index contributed by atoms with van der Waals surface area (Å²) in [5.41, 5.74) is 0.389. The van der Waals surface area contributed by atoms with Gasteiger partial charge in [0.2, 0.25) is 5.91 Å². The summed E-state index contributed by atoms with van der Waals surface area (Å²) in [6.45, 7) is 0. The summed E-state index contributed by atoms with van der Waals surface area (Å²) in [6.07, 6.45) is 7.66. The van der Waals surface area contributed by atoms with Crippen molar-refractivity contribution < 1.29 is 9.18 Å². The topological polar surface area (TPSA) is 29.1 Å². The maximum atomic E-state index is 13.0. The molecule has 0 spiro atoms. The average molecular weight is 333 g/mol. The van der Waals surface area contributed by atoms with Crippen LogP contribution in [-0.2, 0) is 4.79 Å². The Morgan fingerprint density at radius 2 is 2.22 bits per heavy atom. The number of carbonyl (C=O) groups excluding carboxylic acids is 1. The molecule has 1 aromatic rings. The maximum Gasteiger partial charge on any atom is 0.224 e. The molecule has 2 nitrogen and oxygen atoms in total. The molecule has 18 heavy (non-hydrogen) atoms. The summed E-state index contributed by atoms with van der Waals surface area (Å²) in [7, 11) is 0. The van der Waals surface area contributed by atoms with Crippen LogP contribution in [0.25, 0.3) is 0 Å². The Kier molecular flexibility index (Phi) is 6.17. The van der Waals surface area contributed by atoms with Gasteiger partial charge in [0, 0.05) is 17.3 Å². The number of halogens is 3. The molecule has 0 bridgehead atoms. The van der Waals surface area contributed by atoms with E-state index >= 15 is 0 Å². The zero-order chi connectivity index (χ0) is 13.5. The summed E-state index contributed by atoms with van der Waals surface area (Å²) >= 11 is 9.01. The Morgan fingerprint density at radius 1 is 1.50 bits per heavy atom. The van der Waals surface area contributed by atoms with Gasteiger partial charge < -0.3 is 5.32 Å². The van der Waals surface area contributed by atoms with Crippen molar-refractivity contribution in [2.24, 2.45) is 0 Å². The van der Waals surface area contributed by atoms with Crippen molar-refractivity contribution in [1.29, 1.82) is 0 Å². The molecule has 0 radical (unpaired) electrons. The Bertz CT molecular complexity index is 461. The van der Waals surface area contributed by atoms with Crippen molar-refractivity contribution in [3.8, 4) is 12.3 Å². The third kappa shape index (κ3) is 4.67. The zero-order valence-electron chi connectivity index (χ0n) is 9.60. The summed E-state index contributed by atoms with van der Waals surface area (Å²) in [4.78, 5) is 11.6. The molecule has 1 N–H and O–H groups in total. The van der Waals surface area contributed by atoms with Crippen LogP contribution in [0, 0.1) is 18.2 Å². The van der Waals surface area contributed by atoms with Gasteiger partial charge in [-0.1, -0.05) is 11.6 Å². The monoisotopic (exact) mass is 331 g/mol. The van der Waals surface area contributed by atoms with E-state index in [0.29, 0.717) is 29.4 Å². The highest BCUT2D eigenvalue weighted by Crippen LogP contribution is 2.31. The molecule has 0 unspecified atom stereocenters. The van der Waals surface area contributed by atoms with E-state index in [9.17, 15) is 9.18 Å². The van der Waals surface area contributed by atoms with Gasteiger partial charge in [-0.2, -0.15) is 0 Å². The van der Waals surface area contributed by atoms with Crippen molar-refractivity contribution in [2.45, 2.75) is 25.7 Å². The number of rotatable bonds is 5. The minimum absolute atomic E-state index is 0.166. The van der Waals surface area contributed by atoms with Gasteiger partial charge in [0.05, 0.1) is 10.7 Å². The number of unbranched alkanes of at least 4 members (excludes halogenated alkanes) is 2. The van der Waals surface area contributed by atoms with Crippen LogP contribution in [0.15, 0.2) is 16.6 Å². The van der Waals surface area contributed by atoms with E-state index in [1.54, 1.807) is 0 Å². The van der Waals surface area contributed by atoms with E-state index in [1.807, 2.05) is 0 Å². The van der Waals surface area contributed by atoms with E-state index < -0.39 is 5.82 Å². The Labute approximate surface area is 119 Å². The normalized spacial score (nSPS) is 9.89. The van der Waals surface area contributed by atoms with Gasteiger partial charge in [-0.05, 0) is 40.9 Å². The fraction of sp³-hybridized carbons (Fsp3) is 0.308. The van der Waals surface area contributed by atoms with Crippen molar-refractivity contribution >= 4 is 39.1 Å². The third-order valence-electron chi connectivity index (χ3n) is 2.25. The number of amides is 1. The van der Waals surface area contributed by atoms with E-state index in [0.717, 1.165) is 12.5 Å². The van der Waals surface area contributed by atoms with Crippen LogP contribution in [0.3, 0.4) is 0 Å². The van der Waals surface area contributed by atoms with Crippen molar-refractivity contribution in [1.82, 2.24) is 0 Å². The summed E-state index contributed by atoms with van der Waals surface area (Å²) < 4.78 is 13.4. The number of hydrogen-bond donors (Lipinski definition) is 1. The van der Waals surface area contributed by atoms with E-state index in [2.05, 4.69) is 27.2 Å². The molecule has 1 aromatic carbocycles. The Balaban J connectivity index is 2.57. The molecule has 1 rings (SSSR count). The fourth-order valence-corrected chi connectivity index (χ4v) is 2.27. The highest BCUT2D eigenvalue weighted by atomic mass is 79.9. The molecule has 0 atom stereocenters. The van der Waals surface area contributed by atoms with Crippen LogP contribution in [0.1, 0.15) is 25.7 Å². The van der Waals surface area contributed by atoms with Gasteiger partial charge in [0.1, 0.15) is 5.82 Å². The first-order valence-electron chi connectivity index (χ1n) is 5.42. The van der Waals surface area contributed by atoms with Crippen LogP contribution in [-0.4, -0.2) is 5.91 Å². The number of anilines is 1. The quantitative estimate of drug-likeness (QED) is 0.629. The predicted molar refractivity (Wildman–Crippen MR) is 75.0 cm³/mol. The zero-order valence-corrected chi connectivity index (χ0v) is 11.9. The first kappa shape index (κ1) is 15.0. The molecule has 0 aliphatic carbocycles. The second kappa shape index (κ2) is 7.40. The predicted octanol–water partition coefficient (Wildman–Crippen LogP) is 4.37. The number of carbonyl (C=O) groups is 1. The maximum absolute atomic E-state index is 13.0. The summed E-state index contributed by atoms with van der Waals surface area (Å²) in [6, 6.07) is 2.40. The SMILES string of the molecule is C#CCCCCC(=O)Nc1c(Cl)cc(F)cc1Br. The minimum Gasteiger partial charge on any atom is -0.324 e. The molecule has 5 heteroatoms. The lowest BCUT2D eigenvalue weighted by atomic mass is 10.2. The highest BCUT2D eigenvalue weighted by molar-refractivity contribution is 9.10. The average Bonchev–Trinajstić information content (AvgIpc) is 2.29. The molecular formula is C13H12BrClFNO. The first-order valence-corrected chi connectivity index (χ1v) is 6.59. The molecule has 1 amide bonds. The summed E-state index contributed by atoms with van der Waals surface area (Å²) in [5, 5.41) is 2.81. The number of benzene rings is 1. The van der Waals surface area contributed by atoms with Gasteiger partial charge in [0.15, 0.2) is 0 Å². The highest BCUT2D eigenvalue weighted by Gasteiger charge is 2.11. The Morgan fingerprint density at radius 3 is 2.83 bits per heavy atom. The Hall–Kier alpha value is -1.05. The van der Waals surface area contributed by atoms with Crippen LogP contribution >= 0.6 is 27.5 Å². The van der Waals surface area contributed by atoms with Crippen molar-refractivity contribution in [2.75, 3.05) is 5.32 Å². The summed E-state index contributed by atoms with van der Waals surface area (Å²) in [5.74, 6) is 1.89. The van der Waals surface area contributed by atoms with Crippen molar-refractivity contribution in [3.63, 3.8) is 0 Å². The second-order valence-corrected chi connectivity index (χ2v) is 4.97. The number of nitrogens with one attached hydrogen (secondary N) is 1. The standard InChI is InChI=1S/C13H12BrClFNO/c1-2-3-4-5-6-12(18)17-13-10(14)7-9(16)8-11(13)15/h1,7-8H,3-6H2,(H,17,18). The molecule has 96 valence electrons. The van der Waals surface area contributed by atoms with E-state index in [4.69, 9.17) is 18.0 Å². The van der Waals surface area contributed by atoms with Gasteiger partial charge in [0.25, 0.3) is 0 Å². The van der Waals surface area contributed by atoms with E-state index in [-0.39, 0.29) is 10.9 Å². The molecule has 0 heterocycles. The van der Waals surface area contributed by atoms with E-state index in [1.165, 1.54) is 6.07 Å². The molecule has 0 aromatic heterocycles. The van der Waals surface area contributed by atoms with Gasteiger partial charge >= 0.3 is 0 Å². The smallest absolute Gasteiger partial charge is 0.224 e. The second-order valence-electron chi connectivity index (χ2n) is 3.70. The molecule has 0 aliphatic heterocycles. The lowest BCUT2D eigenvalue weighted by molar-refractivity contribution is -0.116. The molecule has 0 aliphatic rings. The first-order chi connectivity index (χ1) is 8.54. The lowest BCUT2D eigenvalue weighted by Crippen LogP contribution is -2.12. The minimum atomic E-state index is -0.459. The number of hydrogen-bond acceptors (Lipinski definition) is 1. The van der Waals surface area contributed by atoms with Crippen LogP contribution in [0.4, 0.5) is 10.1 Å². The third-order valence-corrected chi connectivity index (χ3v) is 3.17. The van der Waals surface area contributed by atoms with Crippen molar-refractivity contribution in [3.05, 3.63) is 27.4 Å². The van der Waals surface area contributed by atoms with Gasteiger partial charge in [-0.15, -0.1) is 12.3 Å². The van der Waals surface area contributed by atoms with Crippen LogP contribution in [0.2, 0.25) is 5.02 Å². The molecule has 0 saturated carbocycles. The van der Waals surface area contributed by atoms with Crippen LogP contribution in [0.5, 0.6) is 0 Å². The molecule has 0 saturated heterocycles. The van der Waals surface area contributed by atoms with Gasteiger partial charge in [-0.3, -0.25) is 4.79 Å². The molecular weight excluding hydrogens is 321 g/mol. The fourth-order valence-electron chi connectivity index (χ4n) is 1.38. The number of terminal acetylenes is 1. The molecule has 0 fully saturated rings. The van der Waals surface area contributed by atoms with Gasteiger partial charge in [-0.25, -0.2) is 4.39 Å². The van der Waals surface area contributed by atoms with Crippen LogP contribution < -0.4 is 5.32 Å². The lowest BCUT2D eigenvalue weighted by Gasteiger charge is -2.09. The largest absolute Gasteiger partial charge is 0.324 e.